The van der Waals surface area contributed by atoms with Crippen LogP contribution in [-0.2, 0) is 26.0 Å². The number of sulfonamides is 1. The Bertz CT molecular complexity index is 890. The SMILES string of the molecule is CC(=O)N(CC(=O)NCCc1ccc(S(N)(=O)=O)cc1)c1cc(C)on1. The first-order valence-corrected chi connectivity index (χ1v) is 9.31. The van der Waals surface area contributed by atoms with Gasteiger partial charge in [-0.2, -0.15) is 0 Å². The summed E-state index contributed by atoms with van der Waals surface area (Å²) in [6.07, 6.45) is 0.500. The van der Waals surface area contributed by atoms with Gasteiger partial charge < -0.3 is 9.84 Å². The lowest BCUT2D eigenvalue weighted by atomic mass is 10.1. The van der Waals surface area contributed by atoms with Crippen molar-refractivity contribution in [3.05, 3.63) is 41.7 Å². The van der Waals surface area contributed by atoms with Crippen LogP contribution in [-0.4, -0.2) is 38.5 Å². The third-order valence-electron chi connectivity index (χ3n) is 3.56. The number of amides is 2. The number of anilines is 1. The van der Waals surface area contributed by atoms with Crippen LogP contribution in [0.4, 0.5) is 5.82 Å². The molecule has 1 heterocycles. The van der Waals surface area contributed by atoms with Crippen LogP contribution in [0.3, 0.4) is 0 Å². The lowest BCUT2D eigenvalue weighted by Crippen LogP contribution is -2.40. The van der Waals surface area contributed by atoms with Gasteiger partial charge in [0, 0.05) is 19.5 Å². The van der Waals surface area contributed by atoms with Crippen LogP contribution in [0.5, 0.6) is 0 Å². The van der Waals surface area contributed by atoms with Crippen molar-refractivity contribution in [2.45, 2.75) is 25.2 Å². The minimum Gasteiger partial charge on any atom is -0.360 e. The molecule has 0 aliphatic heterocycles. The summed E-state index contributed by atoms with van der Waals surface area (Å²) in [4.78, 5) is 25.0. The Morgan fingerprint density at radius 3 is 2.42 bits per heavy atom. The second-order valence-electron chi connectivity index (χ2n) is 5.69. The number of rotatable bonds is 7. The quantitative estimate of drug-likeness (QED) is 0.711. The van der Waals surface area contributed by atoms with Crippen molar-refractivity contribution < 1.29 is 22.5 Å². The minimum absolute atomic E-state index is 0.0327. The molecule has 0 spiro atoms. The first-order chi connectivity index (χ1) is 12.2. The first kappa shape index (κ1) is 19.6. The smallest absolute Gasteiger partial charge is 0.240 e. The number of nitrogens with zero attached hydrogens (tertiary/aromatic N) is 2. The number of hydrogen-bond donors (Lipinski definition) is 2. The van der Waals surface area contributed by atoms with E-state index in [4.69, 9.17) is 9.66 Å². The molecule has 9 nitrogen and oxygen atoms in total. The zero-order valence-electron chi connectivity index (χ0n) is 14.4. The van der Waals surface area contributed by atoms with Gasteiger partial charge in [0.1, 0.15) is 12.3 Å². The maximum absolute atomic E-state index is 12.1. The topological polar surface area (TPSA) is 136 Å². The third kappa shape index (κ3) is 5.39. The maximum Gasteiger partial charge on any atom is 0.240 e. The fourth-order valence-electron chi connectivity index (χ4n) is 2.23. The van der Waals surface area contributed by atoms with Gasteiger partial charge in [-0.05, 0) is 31.0 Å². The Balaban J connectivity index is 1.87. The molecule has 1 aromatic heterocycles. The molecule has 2 rings (SSSR count). The molecule has 26 heavy (non-hydrogen) atoms. The van der Waals surface area contributed by atoms with Crippen molar-refractivity contribution in [1.29, 1.82) is 0 Å². The Hall–Kier alpha value is -2.72. The van der Waals surface area contributed by atoms with Gasteiger partial charge in [-0.1, -0.05) is 17.3 Å². The number of benzene rings is 1. The highest BCUT2D eigenvalue weighted by Crippen LogP contribution is 2.13. The molecule has 1 aromatic carbocycles. The van der Waals surface area contributed by atoms with Crippen LogP contribution >= 0.6 is 0 Å². The molecular formula is C16H20N4O5S. The second-order valence-corrected chi connectivity index (χ2v) is 7.25. The average Bonchev–Trinajstić information content (AvgIpc) is 2.98. The van der Waals surface area contributed by atoms with E-state index in [0.29, 0.717) is 18.7 Å². The lowest BCUT2D eigenvalue weighted by molar-refractivity contribution is -0.123. The number of aromatic nitrogens is 1. The van der Waals surface area contributed by atoms with Crippen LogP contribution in [0.1, 0.15) is 18.2 Å². The lowest BCUT2D eigenvalue weighted by Gasteiger charge is -2.17. The van der Waals surface area contributed by atoms with E-state index in [-0.39, 0.29) is 29.1 Å². The number of primary sulfonamides is 1. The summed E-state index contributed by atoms with van der Waals surface area (Å²) in [7, 11) is -3.72. The highest BCUT2D eigenvalue weighted by Gasteiger charge is 2.18. The normalized spacial score (nSPS) is 11.2. The standard InChI is InChI=1S/C16H20N4O5S/c1-11-9-15(19-25-11)20(12(2)21)10-16(22)18-8-7-13-3-5-14(6-4-13)26(17,23)24/h3-6,9H,7-8,10H2,1-2H3,(H,18,22)(H2,17,23,24). The Labute approximate surface area is 151 Å². The van der Waals surface area contributed by atoms with E-state index in [0.717, 1.165) is 5.56 Å². The van der Waals surface area contributed by atoms with Gasteiger partial charge >= 0.3 is 0 Å². The van der Waals surface area contributed by atoms with Gasteiger partial charge in [-0.25, -0.2) is 13.6 Å². The molecule has 0 aliphatic carbocycles. The molecule has 0 aliphatic rings. The van der Waals surface area contributed by atoms with Crippen molar-refractivity contribution >= 4 is 27.7 Å². The Kier molecular flexibility index (Phi) is 6.11. The summed E-state index contributed by atoms with van der Waals surface area (Å²) >= 11 is 0. The molecule has 0 bridgehead atoms. The Morgan fingerprint density at radius 1 is 1.27 bits per heavy atom. The molecule has 0 atom stereocenters. The highest BCUT2D eigenvalue weighted by molar-refractivity contribution is 7.89. The third-order valence-corrected chi connectivity index (χ3v) is 4.49. The fourth-order valence-corrected chi connectivity index (χ4v) is 2.74. The maximum atomic E-state index is 12.1. The van der Waals surface area contributed by atoms with Gasteiger partial charge in [-0.3, -0.25) is 14.5 Å². The van der Waals surface area contributed by atoms with Gasteiger partial charge in [-0.15, -0.1) is 0 Å². The molecule has 0 saturated carbocycles. The zero-order chi connectivity index (χ0) is 19.3. The average molecular weight is 380 g/mol. The van der Waals surface area contributed by atoms with Crippen molar-refractivity contribution in [1.82, 2.24) is 10.5 Å². The van der Waals surface area contributed by atoms with E-state index in [1.54, 1.807) is 25.1 Å². The van der Waals surface area contributed by atoms with Gasteiger partial charge in [0.15, 0.2) is 5.82 Å². The summed E-state index contributed by atoms with van der Waals surface area (Å²) in [6, 6.07) is 7.66. The first-order valence-electron chi connectivity index (χ1n) is 7.76. The molecule has 2 aromatic rings. The predicted octanol–water partition coefficient (Wildman–Crippen LogP) is 0.342. The second kappa shape index (κ2) is 8.11. The van der Waals surface area contributed by atoms with Crippen LogP contribution < -0.4 is 15.4 Å². The number of carbonyl (C=O) groups excluding carboxylic acids is 2. The summed E-state index contributed by atoms with van der Waals surface area (Å²) in [5, 5.41) is 11.5. The van der Waals surface area contributed by atoms with Gasteiger partial charge in [0.2, 0.25) is 21.8 Å². The molecule has 0 radical (unpaired) electrons. The van der Waals surface area contributed by atoms with Crippen LogP contribution in [0.25, 0.3) is 0 Å². The highest BCUT2D eigenvalue weighted by atomic mass is 32.2. The molecule has 0 unspecified atom stereocenters. The number of carbonyl (C=O) groups is 2. The predicted molar refractivity (Wildman–Crippen MR) is 93.8 cm³/mol. The van der Waals surface area contributed by atoms with Crippen LogP contribution in [0.15, 0.2) is 39.8 Å². The van der Waals surface area contributed by atoms with E-state index >= 15 is 0 Å². The van der Waals surface area contributed by atoms with Crippen LogP contribution in [0.2, 0.25) is 0 Å². The molecule has 0 saturated heterocycles. The minimum atomic E-state index is -3.72. The van der Waals surface area contributed by atoms with Gasteiger partial charge in [0.05, 0.1) is 4.90 Å². The zero-order valence-corrected chi connectivity index (χ0v) is 15.2. The molecule has 140 valence electrons. The van der Waals surface area contributed by atoms with Gasteiger partial charge in [0.25, 0.3) is 0 Å². The van der Waals surface area contributed by atoms with E-state index in [9.17, 15) is 18.0 Å². The van der Waals surface area contributed by atoms with Crippen molar-refractivity contribution in [2.24, 2.45) is 5.14 Å². The van der Waals surface area contributed by atoms with Crippen molar-refractivity contribution in [2.75, 3.05) is 18.0 Å². The van der Waals surface area contributed by atoms with Crippen LogP contribution in [0, 0.1) is 6.92 Å². The molecule has 10 heteroatoms. The largest absolute Gasteiger partial charge is 0.360 e. The number of hydrogen-bond acceptors (Lipinski definition) is 6. The molecule has 2 amide bonds. The summed E-state index contributed by atoms with van der Waals surface area (Å²) in [5.41, 5.74) is 0.841. The summed E-state index contributed by atoms with van der Waals surface area (Å²) in [5.74, 6) is 0.146. The van der Waals surface area contributed by atoms with Crippen molar-refractivity contribution in [3.63, 3.8) is 0 Å². The monoisotopic (exact) mass is 380 g/mol. The Morgan fingerprint density at radius 2 is 1.92 bits per heavy atom. The van der Waals surface area contributed by atoms with E-state index in [1.807, 2.05) is 0 Å². The van der Waals surface area contributed by atoms with E-state index in [2.05, 4.69) is 10.5 Å². The molecular weight excluding hydrogens is 360 g/mol. The molecule has 0 fully saturated rings. The molecule has 3 N–H and O–H groups in total. The van der Waals surface area contributed by atoms with Crippen molar-refractivity contribution in [3.8, 4) is 0 Å². The summed E-state index contributed by atoms with van der Waals surface area (Å²) in [6.45, 7) is 3.18. The number of aryl methyl sites for hydroxylation is 1. The summed E-state index contributed by atoms with van der Waals surface area (Å²) < 4.78 is 27.3. The number of nitrogens with two attached hydrogens (primary N) is 1. The number of nitrogens with one attached hydrogen (secondary N) is 1. The van der Waals surface area contributed by atoms with E-state index in [1.165, 1.54) is 24.0 Å². The fraction of sp³-hybridized carbons (Fsp3) is 0.312. The van der Waals surface area contributed by atoms with E-state index < -0.39 is 10.0 Å².